The highest BCUT2D eigenvalue weighted by Crippen LogP contribution is 1.95. The molecule has 6 heteroatoms. The highest BCUT2D eigenvalue weighted by atomic mass is 32.1. The Hall–Kier alpha value is -1.04. The minimum atomic E-state index is -0.266. The highest BCUT2D eigenvalue weighted by molar-refractivity contribution is 7.78. The molecule has 5 nitrogen and oxygen atoms in total. The number of carbonyl (C=O) groups is 1. The number of rotatable bonds is 2. The van der Waals surface area contributed by atoms with Crippen molar-refractivity contribution in [3.63, 3.8) is 0 Å². The lowest BCUT2D eigenvalue weighted by atomic mass is 10.4. The van der Waals surface area contributed by atoms with Crippen LogP contribution < -0.4 is 5.32 Å². The van der Waals surface area contributed by atoms with Crippen LogP contribution in [0.1, 0.15) is 38.3 Å². The van der Waals surface area contributed by atoms with Gasteiger partial charge in [0.1, 0.15) is 6.33 Å². The number of hydrogen-bond donors (Lipinski definition) is 2. The first-order valence-corrected chi connectivity index (χ1v) is 4.91. The van der Waals surface area contributed by atoms with E-state index in [9.17, 15) is 4.79 Å². The second-order valence-electron chi connectivity index (χ2n) is 2.60. The third kappa shape index (κ3) is 3.78. The molecule has 1 rings (SSSR count). The molecule has 1 amide bonds. The van der Waals surface area contributed by atoms with Gasteiger partial charge in [0.05, 0.1) is 0 Å². The van der Waals surface area contributed by atoms with Crippen LogP contribution in [0, 0.1) is 0 Å². The van der Waals surface area contributed by atoms with Gasteiger partial charge in [0.15, 0.2) is 0 Å². The van der Waals surface area contributed by atoms with Gasteiger partial charge in [-0.1, -0.05) is 13.8 Å². The van der Waals surface area contributed by atoms with E-state index < -0.39 is 0 Å². The van der Waals surface area contributed by atoms with E-state index in [0.717, 1.165) is 4.09 Å². The third-order valence-corrected chi connectivity index (χ3v) is 1.45. The zero-order chi connectivity index (χ0) is 11.1. The van der Waals surface area contributed by atoms with Crippen LogP contribution in [0.15, 0.2) is 6.33 Å². The van der Waals surface area contributed by atoms with Gasteiger partial charge in [-0.3, -0.25) is 4.79 Å². The number of nitrogens with zero attached hydrogens (tertiary/aromatic N) is 3. The molecule has 0 aliphatic carbocycles. The van der Waals surface area contributed by atoms with Gasteiger partial charge in [0, 0.05) is 6.04 Å². The molecule has 0 radical (unpaired) electrons. The lowest BCUT2D eigenvalue weighted by Crippen LogP contribution is -2.31. The highest BCUT2D eigenvalue weighted by Gasteiger charge is 2.12. The molecule has 0 saturated heterocycles. The van der Waals surface area contributed by atoms with Gasteiger partial charge in [0.25, 0.3) is 5.91 Å². The van der Waals surface area contributed by atoms with Crippen LogP contribution in [-0.2, 0) is 0 Å². The van der Waals surface area contributed by atoms with Crippen molar-refractivity contribution in [1.29, 1.82) is 0 Å². The molecule has 0 aromatic carbocycles. The molecule has 1 aromatic heterocycles. The van der Waals surface area contributed by atoms with E-state index in [1.807, 2.05) is 27.7 Å². The van der Waals surface area contributed by atoms with Crippen LogP contribution in [0.4, 0.5) is 0 Å². The van der Waals surface area contributed by atoms with E-state index in [2.05, 4.69) is 28.2 Å². The number of thiol groups is 1. The molecule has 0 unspecified atom stereocenters. The average molecular weight is 216 g/mol. The van der Waals surface area contributed by atoms with E-state index in [-0.39, 0.29) is 17.8 Å². The summed E-state index contributed by atoms with van der Waals surface area (Å²) in [5.74, 6) is -0.0652. The van der Waals surface area contributed by atoms with Crippen LogP contribution in [0.2, 0.25) is 0 Å². The predicted molar refractivity (Wildman–Crippen MR) is 58.4 cm³/mol. The fraction of sp³-hybridized carbons (Fsp3) is 0.625. The number of amides is 1. The lowest BCUT2D eigenvalue weighted by Gasteiger charge is -2.05. The summed E-state index contributed by atoms with van der Waals surface area (Å²) in [5.41, 5.74) is 0. The Morgan fingerprint density at radius 3 is 2.50 bits per heavy atom. The van der Waals surface area contributed by atoms with Crippen LogP contribution >= 0.6 is 12.8 Å². The summed E-state index contributed by atoms with van der Waals surface area (Å²) in [5, 5.41) is 6.33. The SMILES string of the molecule is CC.CC(C)NC(=O)c1ncnn1S. The maximum atomic E-state index is 11.3. The van der Waals surface area contributed by atoms with Gasteiger partial charge in [-0.2, -0.15) is 4.09 Å². The molecule has 1 aromatic rings. The summed E-state index contributed by atoms with van der Waals surface area (Å²) in [6.07, 6.45) is 1.28. The quantitative estimate of drug-likeness (QED) is 0.729. The summed E-state index contributed by atoms with van der Waals surface area (Å²) in [6.45, 7) is 7.74. The van der Waals surface area contributed by atoms with E-state index in [1.54, 1.807) is 0 Å². The molecular weight excluding hydrogens is 200 g/mol. The Morgan fingerprint density at radius 2 is 2.14 bits per heavy atom. The van der Waals surface area contributed by atoms with Crippen molar-refractivity contribution in [3.05, 3.63) is 12.2 Å². The molecule has 0 fully saturated rings. The van der Waals surface area contributed by atoms with E-state index in [4.69, 9.17) is 0 Å². The zero-order valence-corrected chi connectivity index (χ0v) is 9.75. The molecule has 0 saturated carbocycles. The van der Waals surface area contributed by atoms with Gasteiger partial charge >= 0.3 is 0 Å². The number of hydrogen-bond acceptors (Lipinski definition) is 4. The summed E-state index contributed by atoms with van der Waals surface area (Å²) in [6, 6.07) is 0.0857. The van der Waals surface area contributed by atoms with Gasteiger partial charge in [-0.25, -0.2) is 4.98 Å². The second kappa shape index (κ2) is 6.42. The van der Waals surface area contributed by atoms with E-state index in [1.165, 1.54) is 6.33 Å². The molecule has 0 atom stereocenters. The number of nitrogens with one attached hydrogen (secondary N) is 1. The van der Waals surface area contributed by atoms with Crippen LogP contribution in [-0.4, -0.2) is 26.1 Å². The maximum absolute atomic E-state index is 11.3. The first kappa shape index (κ1) is 13.0. The lowest BCUT2D eigenvalue weighted by molar-refractivity contribution is 0.0932. The van der Waals surface area contributed by atoms with Crippen molar-refractivity contribution in [2.45, 2.75) is 33.7 Å². The molecule has 1 heterocycles. The van der Waals surface area contributed by atoms with Gasteiger partial charge < -0.3 is 5.32 Å². The topological polar surface area (TPSA) is 59.8 Å². The van der Waals surface area contributed by atoms with Crippen LogP contribution in [0.5, 0.6) is 0 Å². The first-order valence-electron chi connectivity index (χ1n) is 4.51. The molecule has 80 valence electrons. The van der Waals surface area contributed by atoms with Crippen molar-refractivity contribution in [2.24, 2.45) is 0 Å². The van der Waals surface area contributed by atoms with Crippen molar-refractivity contribution in [3.8, 4) is 0 Å². The molecule has 0 aliphatic rings. The Bertz CT molecular complexity index is 285. The second-order valence-corrected chi connectivity index (χ2v) is 2.98. The maximum Gasteiger partial charge on any atom is 0.289 e. The molecule has 0 spiro atoms. The summed E-state index contributed by atoms with van der Waals surface area (Å²) >= 11 is 3.89. The number of aromatic nitrogens is 3. The summed E-state index contributed by atoms with van der Waals surface area (Å²) in [4.78, 5) is 15.0. The molecule has 1 N–H and O–H groups in total. The fourth-order valence-electron chi connectivity index (χ4n) is 0.712. The summed E-state index contributed by atoms with van der Waals surface area (Å²) < 4.78 is 1.14. The fourth-order valence-corrected chi connectivity index (χ4v) is 0.901. The molecular formula is C8H16N4OS. The number of carbonyl (C=O) groups excluding carboxylic acids is 1. The minimum absolute atomic E-state index is 0.0857. The Morgan fingerprint density at radius 1 is 1.57 bits per heavy atom. The van der Waals surface area contributed by atoms with Gasteiger partial charge in [0.2, 0.25) is 5.82 Å². The van der Waals surface area contributed by atoms with Crippen LogP contribution in [0.3, 0.4) is 0 Å². The minimum Gasteiger partial charge on any atom is -0.347 e. The van der Waals surface area contributed by atoms with Crippen molar-refractivity contribution < 1.29 is 4.79 Å². The van der Waals surface area contributed by atoms with Crippen molar-refractivity contribution >= 4 is 18.7 Å². The largest absolute Gasteiger partial charge is 0.347 e. The van der Waals surface area contributed by atoms with Crippen LogP contribution in [0.25, 0.3) is 0 Å². The zero-order valence-electron chi connectivity index (χ0n) is 8.85. The standard InChI is InChI=1S/C6H10N4OS.C2H6/c1-4(2)9-6(11)5-7-3-8-10(5)12;1-2/h3-4,12H,1-2H3,(H,9,11);1-2H3. The first-order chi connectivity index (χ1) is 6.61. The Balaban J connectivity index is 0.000000791. The van der Waals surface area contributed by atoms with E-state index in [0.29, 0.717) is 0 Å². The van der Waals surface area contributed by atoms with Gasteiger partial charge in [-0.05, 0) is 26.7 Å². The smallest absolute Gasteiger partial charge is 0.289 e. The Kier molecular flexibility index (Phi) is 5.94. The monoisotopic (exact) mass is 216 g/mol. The van der Waals surface area contributed by atoms with Crippen molar-refractivity contribution in [2.75, 3.05) is 0 Å². The average Bonchev–Trinajstić information content (AvgIpc) is 2.54. The van der Waals surface area contributed by atoms with Crippen molar-refractivity contribution in [1.82, 2.24) is 19.5 Å². The van der Waals surface area contributed by atoms with Gasteiger partial charge in [-0.15, -0.1) is 5.10 Å². The van der Waals surface area contributed by atoms with E-state index >= 15 is 0 Å². The predicted octanol–water partition coefficient (Wildman–Crippen LogP) is 1.14. The molecule has 14 heavy (non-hydrogen) atoms. The summed E-state index contributed by atoms with van der Waals surface area (Å²) in [7, 11) is 0. The molecule has 0 bridgehead atoms. The normalized spacial score (nSPS) is 9.29. The Labute approximate surface area is 89.5 Å². The molecule has 0 aliphatic heterocycles. The third-order valence-electron chi connectivity index (χ3n) is 1.15.